The summed E-state index contributed by atoms with van der Waals surface area (Å²) in [6.07, 6.45) is 4.33. The van der Waals surface area contributed by atoms with E-state index in [-0.39, 0.29) is 11.5 Å². The smallest absolute Gasteiger partial charge is 0.335 e. The van der Waals surface area contributed by atoms with Crippen LogP contribution in [0.3, 0.4) is 0 Å². The van der Waals surface area contributed by atoms with E-state index in [4.69, 9.17) is 9.47 Å². The van der Waals surface area contributed by atoms with Crippen LogP contribution < -0.4 is 0 Å². The fraction of sp³-hybridized carbons (Fsp3) is 0.788. The monoisotopic (exact) mass is 592 g/mol. The van der Waals surface area contributed by atoms with Crippen LogP contribution in [-0.4, -0.2) is 85.1 Å². The Morgan fingerprint density at radius 1 is 1.12 bits per heavy atom. The lowest BCUT2D eigenvalue weighted by Crippen LogP contribution is -2.60. The van der Waals surface area contributed by atoms with Gasteiger partial charge in [0.1, 0.15) is 18.3 Å². The predicted octanol–water partition coefficient (Wildman–Crippen LogP) is 3.62. The van der Waals surface area contributed by atoms with Gasteiger partial charge >= 0.3 is 5.97 Å². The molecule has 3 aliphatic carbocycles. The summed E-state index contributed by atoms with van der Waals surface area (Å²) in [4.78, 5) is 11.5. The number of hydrogen-bond acceptors (Lipinski definition) is 8. The Hall–Kier alpha value is -1.59. The summed E-state index contributed by atoms with van der Waals surface area (Å²) in [6, 6.07) is 0. The number of aliphatic carboxylic acids is 1. The van der Waals surface area contributed by atoms with Crippen molar-refractivity contribution < 1.29 is 44.9 Å². The highest BCUT2D eigenvalue weighted by Gasteiger charge is 2.51. The number of rotatable bonds is 9. The lowest BCUT2D eigenvalue weighted by Gasteiger charge is -2.44. The molecule has 0 amide bonds. The molecule has 238 valence electrons. The number of carboxylic acid groups (broad SMARTS) is 1. The van der Waals surface area contributed by atoms with Crippen molar-refractivity contribution in [2.24, 2.45) is 23.2 Å². The molecule has 0 aromatic carbocycles. The standard InChI is InChI=1S/C33H52O9/c1-18-8-12-22(41-31-28(37)26(35)27(36)29(42-31)30(38)39)17-21(18)11-10-20-7-6-16-33(5)23(13-14-24(20)33)19(2)9-15-25(34)32(3,4)40/h10-11,19,22-29,31,34-37,40H,1,6-9,12-17H2,2-5H3,(H,38,39)/b20-10+,21-11-/t19-,22+,23-,24+,25-,26?,27+,28?,29+,31-,33-/m1/s1. The van der Waals surface area contributed by atoms with Crippen molar-refractivity contribution >= 4 is 5.97 Å². The van der Waals surface area contributed by atoms with Crippen LogP contribution >= 0.6 is 0 Å². The zero-order valence-electron chi connectivity index (χ0n) is 25.6. The van der Waals surface area contributed by atoms with Crippen LogP contribution in [0.5, 0.6) is 0 Å². The molecule has 6 N–H and O–H groups in total. The molecule has 9 heteroatoms. The third-order valence-corrected chi connectivity index (χ3v) is 10.7. The Kier molecular flexibility index (Phi) is 10.5. The van der Waals surface area contributed by atoms with Gasteiger partial charge in [-0.3, -0.25) is 0 Å². The minimum Gasteiger partial charge on any atom is -0.479 e. The molecule has 3 saturated carbocycles. The van der Waals surface area contributed by atoms with Crippen molar-refractivity contribution in [2.45, 2.75) is 140 Å². The van der Waals surface area contributed by atoms with E-state index in [1.807, 2.05) is 0 Å². The highest BCUT2D eigenvalue weighted by atomic mass is 16.7. The van der Waals surface area contributed by atoms with Crippen molar-refractivity contribution in [1.29, 1.82) is 0 Å². The first-order valence-electron chi connectivity index (χ1n) is 15.7. The quantitative estimate of drug-likeness (QED) is 0.235. The summed E-state index contributed by atoms with van der Waals surface area (Å²) in [5, 5.41) is 60.3. The SMILES string of the molecule is C=C1CC[C@H](O[C@@H]2O[C@H](C(=O)O)[C@@H](O)C(O)C2O)C/C1=C/C=C1\CCC[C@]2(C)[C@@H]([C@H](C)CC[C@@H](O)C(C)(C)O)CC[C@@H]12. The lowest BCUT2D eigenvalue weighted by molar-refractivity contribution is -0.304. The van der Waals surface area contributed by atoms with Crippen LogP contribution in [-0.2, 0) is 14.3 Å². The summed E-state index contributed by atoms with van der Waals surface area (Å²) in [5.41, 5.74) is 2.66. The van der Waals surface area contributed by atoms with Gasteiger partial charge in [0.2, 0.25) is 0 Å². The third-order valence-electron chi connectivity index (χ3n) is 10.7. The van der Waals surface area contributed by atoms with Gasteiger partial charge in [0.15, 0.2) is 12.4 Å². The second kappa shape index (κ2) is 13.2. The molecule has 0 spiro atoms. The lowest BCUT2D eigenvalue weighted by atomic mass is 9.60. The molecule has 2 unspecified atom stereocenters. The average molecular weight is 593 g/mol. The van der Waals surface area contributed by atoms with Gasteiger partial charge in [-0.2, -0.15) is 0 Å². The maximum absolute atomic E-state index is 11.5. The number of carbonyl (C=O) groups is 1. The van der Waals surface area contributed by atoms with Gasteiger partial charge in [-0.25, -0.2) is 4.79 Å². The molecule has 4 rings (SSSR count). The van der Waals surface area contributed by atoms with E-state index in [9.17, 15) is 35.4 Å². The molecule has 9 nitrogen and oxygen atoms in total. The van der Waals surface area contributed by atoms with Crippen molar-refractivity contribution in [3.8, 4) is 0 Å². The van der Waals surface area contributed by atoms with Gasteiger partial charge in [0.05, 0.1) is 17.8 Å². The minimum atomic E-state index is -1.75. The molecular weight excluding hydrogens is 540 g/mol. The molecule has 1 heterocycles. The number of aliphatic hydroxyl groups is 5. The topological polar surface area (TPSA) is 157 Å². The number of carboxylic acids is 1. The molecule has 4 aliphatic rings. The molecule has 0 bridgehead atoms. The van der Waals surface area contributed by atoms with Gasteiger partial charge in [0, 0.05) is 0 Å². The van der Waals surface area contributed by atoms with E-state index >= 15 is 0 Å². The second-order valence-electron chi connectivity index (χ2n) is 14.1. The molecule has 4 fully saturated rings. The van der Waals surface area contributed by atoms with Crippen LogP contribution in [0.25, 0.3) is 0 Å². The largest absolute Gasteiger partial charge is 0.479 e. The maximum Gasteiger partial charge on any atom is 0.335 e. The fourth-order valence-corrected chi connectivity index (χ4v) is 8.04. The molecule has 0 radical (unpaired) electrons. The summed E-state index contributed by atoms with van der Waals surface area (Å²) in [6.45, 7) is 12.3. The van der Waals surface area contributed by atoms with Gasteiger partial charge in [0.25, 0.3) is 0 Å². The summed E-state index contributed by atoms with van der Waals surface area (Å²) < 4.78 is 11.3. The van der Waals surface area contributed by atoms with Crippen LogP contribution in [0.1, 0.15) is 91.9 Å². The molecule has 1 saturated heterocycles. The Balaban J connectivity index is 1.42. The number of aliphatic hydroxyl groups excluding tert-OH is 4. The van der Waals surface area contributed by atoms with Crippen molar-refractivity contribution in [3.05, 3.63) is 35.5 Å². The number of hydrogen-bond donors (Lipinski definition) is 6. The highest BCUT2D eigenvalue weighted by molar-refractivity contribution is 5.73. The molecule has 11 atom stereocenters. The second-order valence-corrected chi connectivity index (χ2v) is 14.1. The average Bonchev–Trinajstić information content (AvgIpc) is 3.28. The molecule has 0 aromatic rings. The number of fused-ring (bicyclic) bond motifs is 1. The minimum absolute atomic E-state index is 0.206. The summed E-state index contributed by atoms with van der Waals surface area (Å²) in [7, 11) is 0. The highest BCUT2D eigenvalue weighted by Crippen LogP contribution is 2.60. The fourth-order valence-electron chi connectivity index (χ4n) is 8.04. The Bertz CT molecular complexity index is 1040. The van der Waals surface area contributed by atoms with Crippen LogP contribution in [0.2, 0.25) is 0 Å². The summed E-state index contributed by atoms with van der Waals surface area (Å²) >= 11 is 0. The Morgan fingerprint density at radius 3 is 2.50 bits per heavy atom. The zero-order valence-corrected chi connectivity index (χ0v) is 25.6. The van der Waals surface area contributed by atoms with E-state index in [2.05, 4.69) is 32.6 Å². The van der Waals surface area contributed by atoms with Gasteiger partial charge in [-0.1, -0.05) is 43.7 Å². The van der Waals surface area contributed by atoms with E-state index < -0.39 is 48.4 Å². The molecule has 0 aromatic heterocycles. The summed E-state index contributed by atoms with van der Waals surface area (Å²) in [5.74, 6) is 0.107. The molecule has 1 aliphatic heterocycles. The molecular formula is C33H52O9. The van der Waals surface area contributed by atoms with Crippen molar-refractivity contribution in [3.63, 3.8) is 0 Å². The van der Waals surface area contributed by atoms with E-state index in [1.54, 1.807) is 13.8 Å². The Labute approximate surface area is 249 Å². The van der Waals surface area contributed by atoms with Crippen molar-refractivity contribution in [1.82, 2.24) is 0 Å². The predicted molar refractivity (Wildman–Crippen MR) is 157 cm³/mol. The van der Waals surface area contributed by atoms with E-state index in [1.165, 1.54) is 18.4 Å². The number of ether oxygens (including phenoxy) is 2. The van der Waals surface area contributed by atoms with Gasteiger partial charge in [-0.05, 0) is 107 Å². The zero-order chi connectivity index (χ0) is 31.0. The van der Waals surface area contributed by atoms with Crippen LogP contribution in [0.4, 0.5) is 0 Å². The van der Waals surface area contributed by atoms with Crippen LogP contribution in [0.15, 0.2) is 35.5 Å². The van der Waals surface area contributed by atoms with Gasteiger partial charge in [-0.15, -0.1) is 0 Å². The first kappa shape index (κ1) is 33.3. The van der Waals surface area contributed by atoms with Crippen molar-refractivity contribution in [2.75, 3.05) is 0 Å². The normalized spacial score (nSPS) is 41.1. The maximum atomic E-state index is 11.5. The molecule has 42 heavy (non-hydrogen) atoms. The first-order chi connectivity index (χ1) is 19.6. The Morgan fingerprint density at radius 2 is 1.83 bits per heavy atom. The van der Waals surface area contributed by atoms with Crippen LogP contribution in [0, 0.1) is 23.2 Å². The first-order valence-corrected chi connectivity index (χ1v) is 15.7. The van der Waals surface area contributed by atoms with Gasteiger partial charge < -0.3 is 40.1 Å². The third kappa shape index (κ3) is 7.04. The van der Waals surface area contributed by atoms with E-state index in [0.717, 1.165) is 36.8 Å². The number of allylic oxidation sites excluding steroid dienone is 4. The van der Waals surface area contributed by atoms with E-state index in [0.29, 0.717) is 43.4 Å².